The standard InChI is InChI=1S/C47H46N6O7/c1-52-23-33(31-15-6-8-18-39(31)52)42-43(46(58)51-45(42)57)34-24-53(40-19-9-7-16-32(34)40)22-21-36(48)41(55)20-10-17-37(49)44(56)38(25-54)50-47(59)60-26-35-29-13-4-2-11-27(29)28-12-3-5-14-30(28)35/h2-9,11-16,18-19,23-24,35-38,54H,10,17,20-22,25-26,48-49H2,1H3,(H,50,59)(H,51,57,58)/t36?,37?,38-/m0/s1. The molecule has 13 heteroatoms. The van der Waals surface area contributed by atoms with Crippen molar-refractivity contribution in [3.8, 4) is 11.1 Å². The maximum Gasteiger partial charge on any atom is 0.407 e. The Morgan fingerprint density at radius 1 is 0.750 bits per heavy atom. The van der Waals surface area contributed by atoms with Crippen molar-refractivity contribution in [2.24, 2.45) is 18.5 Å². The Balaban J connectivity index is 0.858. The minimum absolute atomic E-state index is 0.0470. The zero-order valence-corrected chi connectivity index (χ0v) is 33.1. The van der Waals surface area contributed by atoms with Gasteiger partial charge in [0.2, 0.25) is 0 Å². The van der Waals surface area contributed by atoms with Gasteiger partial charge in [-0.3, -0.25) is 24.5 Å². The van der Waals surface area contributed by atoms with Crippen molar-refractivity contribution >= 4 is 62.4 Å². The first-order chi connectivity index (χ1) is 29.0. The number of Topliss-reactive ketones (excluding diaryl/α,β-unsaturated/α-hetero) is 2. The molecular weight excluding hydrogens is 761 g/mol. The number of alkyl carbamates (subject to hydrolysis) is 1. The van der Waals surface area contributed by atoms with Crippen LogP contribution in [0.25, 0.3) is 44.1 Å². The molecule has 6 aromatic rings. The molecule has 3 atom stereocenters. The van der Waals surface area contributed by atoms with Crippen LogP contribution in [0.2, 0.25) is 0 Å². The minimum Gasteiger partial charge on any atom is -0.449 e. The van der Waals surface area contributed by atoms with Crippen LogP contribution in [-0.4, -0.2) is 75.1 Å². The fraction of sp³-hybridized carbons (Fsp3) is 0.255. The van der Waals surface area contributed by atoms with Crippen LogP contribution in [0.3, 0.4) is 0 Å². The number of fused-ring (bicyclic) bond motifs is 5. The molecule has 60 heavy (non-hydrogen) atoms. The number of aliphatic hydroxyl groups excluding tert-OH is 1. The number of nitrogens with two attached hydrogens (primary N) is 2. The number of imide groups is 1. The van der Waals surface area contributed by atoms with Crippen molar-refractivity contribution in [3.63, 3.8) is 0 Å². The molecule has 7 N–H and O–H groups in total. The average molecular weight is 807 g/mol. The van der Waals surface area contributed by atoms with Crippen molar-refractivity contribution in [1.29, 1.82) is 0 Å². The van der Waals surface area contributed by atoms with Crippen LogP contribution in [0.4, 0.5) is 4.79 Å². The molecule has 2 aliphatic rings. The number of para-hydroxylation sites is 2. The van der Waals surface area contributed by atoms with Gasteiger partial charge in [-0.25, -0.2) is 4.79 Å². The summed E-state index contributed by atoms with van der Waals surface area (Å²) >= 11 is 0. The molecule has 0 spiro atoms. The van der Waals surface area contributed by atoms with Crippen LogP contribution in [0.15, 0.2) is 109 Å². The van der Waals surface area contributed by atoms with Crippen molar-refractivity contribution in [2.45, 2.75) is 56.3 Å². The lowest BCUT2D eigenvalue weighted by atomic mass is 9.95. The maximum absolute atomic E-state index is 13.4. The summed E-state index contributed by atoms with van der Waals surface area (Å²) in [6.07, 6.45) is 3.63. The Morgan fingerprint density at radius 2 is 1.32 bits per heavy atom. The lowest BCUT2D eigenvalue weighted by Crippen LogP contribution is -2.50. The number of hydrogen-bond acceptors (Lipinski definition) is 9. The van der Waals surface area contributed by atoms with E-state index in [0.717, 1.165) is 44.1 Å². The number of benzene rings is 4. The molecule has 0 saturated carbocycles. The molecule has 0 radical (unpaired) electrons. The summed E-state index contributed by atoms with van der Waals surface area (Å²) in [4.78, 5) is 65.9. The number of ketones is 2. The Morgan fingerprint density at radius 3 is 1.97 bits per heavy atom. The number of ether oxygens (including phenoxy) is 1. The van der Waals surface area contributed by atoms with Crippen molar-refractivity contribution in [2.75, 3.05) is 13.2 Å². The molecule has 1 aliphatic heterocycles. The zero-order chi connectivity index (χ0) is 42.1. The first-order valence-corrected chi connectivity index (χ1v) is 20.1. The van der Waals surface area contributed by atoms with Gasteiger partial charge in [-0.2, -0.15) is 0 Å². The van der Waals surface area contributed by atoms with Gasteiger partial charge in [0.15, 0.2) is 5.78 Å². The highest BCUT2D eigenvalue weighted by molar-refractivity contribution is 6.50. The van der Waals surface area contributed by atoms with Gasteiger partial charge >= 0.3 is 6.09 Å². The molecule has 3 amide bonds. The molecule has 306 valence electrons. The van der Waals surface area contributed by atoms with Crippen LogP contribution in [0.1, 0.15) is 53.9 Å². The van der Waals surface area contributed by atoms with Crippen molar-refractivity contribution in [1.82, 2.24) is 19.8 Å². The molecule has 13 nitrogen and oxygen atoms in total. The van der Waals surface area contributed by atoms with Crippen molar-refractivity contribution in [3.05, 3.63) is 132 Å². The third-order valence-electron chi connectivity index (χ3n) is 11.7. The van der Waals surface area contributed by atoms with Crippen LogP contribution in [0, 0.1) is 0 Å². The summed E-state index contributed by atoms with van der Waals surface area (Å²) in [5.74, 6) is -1.89. The summed E-state index contributed by atoms with van der Waals surface area (Å²) < 4.78 is 9.41. The second-order valence-corrected chi connectivity index (χ2v) is 15.4. The van der Waals surface area contributed by atoms with Gasteiger partial charge in [-0.15, -0.1) is 0 Å². The third kappa shape index (κ3) is 7.54. The van der Waals surface area contributed by atoms with E-state index in [9.17, 15) is 29.1 Å². The molecule has 0 fully saturated rings. The SMILES string of the molecule is Cn1cc(C2=C(c3cn(CCC(N)C(=O)CCCC(N)C(=O)[C@H](CO)NC(=O)OCC4c5ccccc5-c5ccccc54)c4ccccc34)C(=O)NC2=O)c2ccccc21. The summed E-state index contributed by atoms with van der Waals surface area (Å²) in [5, 5.41) is 16.6. The second kappa shape index (κ2) is 16.9. The van der Waals surface area contributed by atoms with Gasteiger partial charge in [-0.1, -0.05) is 84.9 Å². The van der Waals surface area contributed by atoms with Gasteiger partial charge < -0.3 is 35.8 Å². The van der Waals surface area contributed by atoms with Crippen LogP contribution in [0.5, 0.6) is 0 Å². The molecule has 2 unspecified atom stereocenters. The Hall–Kier alpha value is -6.67. The second-order valence-electron chi connectivity index (χ2n) is 15.4. The number of nitrogens with zero attached hydrogens (tertiary/aromatic N) is 2. The molecule has 4 aromatic carbocycles. The highest BCUT2D eigenvalue weighted by Gasteiger charge is 2.36. The van der Waals surface area contributed by atoms with Gasteiger partial charge in [0.05, 0.1) is 29.8 Å². The molecule has 1 aliphatic carbocycles. The van der Waals surface area contributed by atoms with E-state index in [2.05, 4.69) is 10.6 Å². The topological polar surface area (TPSA) is 201 Å². The Bertz CT molecular complexity index is 2670. The van der Waals surface area contributed by atoms with E-state index >= 15 is 0 Å². The van der Waals surface area contributed by atoms with Crippen LogP contribution < -0.4 is 22.1 Å². The van der Waals surface area contributed by atoms with E-state index in [1.807, 2.05) is 126 Å². The highest BCUT2D eigenvalue weighted by atomic mass is 16.5. The lowest BCUT2D eigenvalue weighted by molar-refractivity contribution is -0.124. The number of nitrogens with one attached hydrogen (secondary N) is 2. The largest absolute Gasteiger partial charge is 0.449 e. The molecule has 3 heterocycles. The summed E-state index contributed by atoms with van der Waals surface area (Å²) in [5.41, 5.74) is 20.4. The van der Waals surface area contributed by atoms with E-state index in [-0.39, 0.29) is 43.1 Å². The summed E-state index contributed by atoms with van der Waals surface area (Å²) in [7, 11) is 1.90. The number of aliphatic hydroxyl groups is 1. The monoisotopic (exact) mass is 806 g/mol. The Labute approximate surface area is 346 Å². The Kier molecular flexibility index (Phi) is 11.3. The predicted molar refractivity (Wildman–Crippen MR) is 228 cm³/mol. The average Bonchev–Trinajstić information content (AvgIpc) is 3.98. The number of aryl methyl sites for hydroxylation is 2. The fourth-order valence-electron chi connectivity index (χ4n) is 8.65. The van der Waals surface area contributed by atoms with Crippen LogP contribution >= 0.6 is 0 Å². The molecule has 8 rings (SSSR count). The van der Waals surface area contributed by atoms with Gasteiger partial charge in [-0.05, 0) is 53.6 Å². The molecule has 0 saturated heterocycles. The number of hydrogen-bond donors (Lipinski definition) is 5. The number of aromatic nitrogens is 2. The minimum atomic E-state index is -1.28. The fourth-order valence-corrected chi connectivity index (χ4v) is 8.65. The first-order valence-electron chi connectivity index (χ1n) is 20.1. The van der Waals surface area contributed by atoms with E-state index in [1.165, 1.54) is 0 Å². The smallest absolute Gasteiger partial charge is 0.407 e. The summed E-state index contributed by atoms with van der Waals surface area (Å²) in [6.45, 7) is -0.262. The molecular formula is C47H46N6O7. The zero-order valence-electron chi connectivity index (χ0n) is 33.1. The van der Waals surface area contributed by atoms with E-state index in [1.54, 1.807) is 0 Å². The first kappa shape index (κ1) is 40.1. The maximum atomic E-state index is 13.4. The quantitative estimate of drug-likeness (QED) is 0.0840. The predicted octanol–water partition coefficient (Wildman–Crippen LogP) is 4.95. The van der Waals surface area contributed by atoms with E-state index in [4.69, 9.17) is 16.2 Å². The number of carbonyl (C=O) groups excluding carboxylic acids is 5. The normalized spacial score (nSPS) is 15.2. The lowest BCUT2D eigenvalue weighted by Gasteiger charge is -2.20. The third-order valence-corrected chi connectivity index (χ3v) is 11.7. The molecule has 2 aromatic heterocycles. The number of amides is 3. The highest BCUT2D eigenvalue weighted by Crippen LogP contribution is 2.44. The molecule has 0 bridgehead atoms. The van der Waals surface area contributed by atoms with E-state index in [0.29, 0.717) is 29.7 Å². The number of rotatable bonds is 16. The van der Waals surface area contributed by atoms with Crippen LogP contribution in [-0.2, 0) is 37.5 Å². The van der Waals surface area contributed by atoms with Crippen molar-refractivity contribution < 1.29 is 33.8 Å². The van der Waals surface area contributed by atoms with Gasteiger partial charge in [0.25, 0.3) is 11.8 Å². The number of carbonyl (C=O) groups is 5. The summed E-state index contributed by atoms with van der Waals surface area (Å²) in [6, 6.07) is 28.0. The van der Waals surface area contributed by atoms with Gasteiger partial charge in [0, 0.05) is 71.3 Å². The van der Waals surface area contributed by atoms with E-state index < -0.39 is 48.4 Å². The van der Waals surface area contributed by atoms with Gasteiger partial charge in [0.1, 0.15) is 18.4 Å².